The van der Waals surface area contributed by atoms with E-state index in [2.05, 4.69) is 4.98 Å². The molecule has 0 unspecified atom stereocenters. The highest BCUT2D eigenvalue weighted by molar-refractivity contribution is 5.90. The molecule has 2 rings (SSSR count). The number of carbonyl (C=O) groups is 2. The molecule has 0 saturated carbocycles. The van der Waals surface area contributed by atoms with Crippen LogP contribution in [0.5, 0.6) is 0 Å². The molecular formula is C21H28N2O3. The van der Waals surface area contributed by atoms with E-state index >= 15 is 0 Å². The van der Waals surface area contributed by atoms with Crippen LogP contribution >= 0.6 is 0 Å². The predicted octanol–water partition coefficient (Wildman–Crippen LogP) is 3.79. The van der Waals surface area contributed by atoms with E-state index in [1.54, 1.807) is 6.92 Å². The molecule has 0 aliphatic rings. The summed E-state index contributed by atoms with van der Waals surface area (Å²) in [6, 6.07) is 10.00. The molecule has 0 saturated heterocycles. The number of hydrogen-bond acceptors (Lipinski definition) is 3. The van der Waals surface area contributed by atoms with Crippen molar-refractivity contribution in [3.8, 4) is 0 Å². The van der Waals surface area contributed by atoms with E-state index in [9.17, 15) is 9.59 Å². The number of aryl methyl sites for hydroxylation is 1. The molecule has 0 atom stereocenters. The lowest BCUT2D eigenvalue weighted by atomic mass is 10.0. The normalized spacial score (nSPS) is 10.6. The first kappa shape index (κ1) is 19.8. The molecule has 1 aromatic carbocycles. The number of carbonyl (C=O) groups excluding carboxylic acids is 2. The second-order valence-electron chi connectivity index (χ2n) is 6.34. The number of H-pyrrole nitrogens is 1. The number of benzene rings is 1. The monoisotopic (exact) mass is 356 g/mol. The standard InChI is InChI=1S/C21H28N2O3/c1-5-23(14-17-10-8-7-9-11-17)19(24)13-12-18-15(3)20(22-16(18)4)21(25)26-6-2/h7-11,22H,5-6,12-14H2,1-4H3. The molecule has 1 amide bonds. The summed E-state index contributed by atoms with van der Waals surface area (Å²) in [5, 5.41) is 0. The fourth-order valence-electron chi connectivity index (χ4n) is 3.14. The van der Waals surface area contributed by atoms with E-state index in [4.69, 9.17) is 4.74 Å². The summed E-state index contributed by atoms with van der Waals surface area (Å²) < 4.78 is 5.08. The Bertz CT molecular complexity index is 750. The Labute approximate surface area is 155 Å². The van der Waals surface area contributed by atoms with Gasteiger partial charge >= 0.3 is 5.97 Å². The van der Waals surface area contributed by atoms with Gasteiger partial charge in [-0.3, -0.25) is 4.79 Å². The van der Waals surface area contributed by atoms with Crippen LogP contribution in [-0.4, -0.2) is 34.9 Å². The molecule has 5 nitrogen and oxygen atoms in total. The zero-order valence-corrected chi connectivity index (χ0v) is 16.1. The fraction of sp³-hybridized carbons (Fsp3) is 0.429. The lowest BCUT2D eigenvalue weighted by Crippen LogP contribution is -2.30. The SMILES string of the molecule is CCOC(=O)c1[nH]c(C)c(CCC(=O)N(CC)Cc2ccccc2)c1C. The summed E-state index contributed by atoms with van der Waals surface area (Å²) in [6.07, 6.45) is 1.03. The maximum atomic E-state index is 12.6. The van der Waals surface area contributed by atoms with Crippen molar-refractivity contribution in [2.45, 2.75) is 47.1 Å². The van der Waals surface area contributed by atoms with E-state index in [1.807, 2.05) is 56.0 Å². The van der Waals surface area contributed by atoms with Crippen LogP contribution in [0.15, 0.2) is 30.3 Å². The first-order valence-corrected chi connectivity index (χ1v) is 9.14. The Kier molecular flexibility index (Phi) is 7.01. The Morgan fingerprint density at radius 3 is 2.42 bits per heavy atom. The first-order valence-electron chi connectivity index (χ1n) is 9.14. The van der Waals surface area contributed by atoms with Gasteiger partial charge in [0.15, 0.2) is 0 Å². The van der Waals surface area contributed by atoms with Gasteiger partial charge in [-0.1, -0.05) is 30.3 Å². The van der Waals surface area contributed by atoms with Crippen LogP contribution in [0, 0.1) is 13.8 Å². The summed E-state index contributed by atoms with van der Waals surface area (Å²) in [5.41, 5.74) is 4.44. The minimum atomic E-state index is -0.343. The second kappa shape index (κ2) is 9.22. The van der Waals surface area contributed by atoms with Crippen molar-refractivity contribution in [1.29, 1.82) is 0 Å². The number of rotatable bonds is 8. The maximum absolute atomic E-state index is 12.6. The van der Waals surface area contributed by atoms with Gasteiger partial charge in [0.2, 0.25) is 5.91 Å². The van der Waals surface area contributed by atoms with Crippen LogP contribution in [0.4, 0.5) is 0 Å². The number of aromatic nitrogens is 1. The minimum absolute atomic E-state index is 0.119. The molecule has 140 valence electrons. The summed E-state index contributed by atoms with van der Waals surface area (Å²) >= 11 is 0. The van der Waals surface area contributed by atoms with Crippen LogP contribution in [-0.2, 0) is 22.5 Å². The molecule has 0 aliphatic carbocycles. The number of hydrogen-bond donors (Lipinski definition) is 1. The van der Waals surface area contributed by atoms with E-state index in [1.165, 1.54) is 0 Å². The third-order valence-electron chi connectivity index (χ3n) is 4.61. The smallest absolute Gasteiger partial charge is 0.355 e. The molecule has 5 heteroatoms. The van der Waals surface area contributed by atoms with E-state index in [0.29, 0.717) is 38.2 Å². The summed E-state index contributed by atoms with van der Waals surface area (Å²) in [6.45, 7) is 9.24. The first-order chi connectivity index (χ1) is 12.5. The van der Waals surface area contributed by atoms with Crippen molar-refractivity contribution < 1.29 is 14.3 Å². The quantitative estimate of drug-likeness (QED) is 0.732. The zero-order valence-electron chi connectivity index (χ0n) is 16.1. The van der Waals surface area contributed by atoms with Gasteiger partial charge < -0.3 is 14.6 Å². The van der Waals surface area contributed by atoms with Crippen LogP contribution < -0.4 is 0 Å². The average molecular weight is 356 g/mol. The highest BCUT2D eigenvalue weighted by atomic mass is 16.5. The lowest BCUT2D eigenvalue weighted by Gasteiger charge is -2.21. The number of nitrogens with zero attached hydrogens (tertiary/aromatic N) is 1. The maximum Gasteiger partial charge on any atom is 0.355 e. The van der Waals surface area contributed by atoms with Gasteiger partial charge in [-0.2, -0.15) is 0 Å². The van der Waals surface area contributed by atoms with Gasteiger partial charge in [-0.15, -0.1) is 0 Å². The van der Waals surface area contributed by atoms with Gasteiger partial charge in [-0.25, -0.2) is 4.79 Å². The lowest BCUT2D eigenvalue weighted by molar-refractivity contribution is -0.131. The molecule has 2 aromatic rings. The second-order valence-corrected chi connectivity index (χ2v) is 6.34. The number of aromatic amines is 1. The molecule has 1 aromatic heterocycles. The van der Waals surface area contributed by atoms with Crippen molar-refractivity contribution in [3.05, 3.63) is 58.4 Å². The van der Waals surface area contributed by atoms with Crippen molar-refractivity contribution in [2.75, 3.05) is 13.2 Å². The Balaban J connectivity index is 2.03. The average Bonchev–Trinajstić information content (AvgIpc) is 2.93. The molecule has 0 spiro atoms. The summed E-state index contributed by atoms with van der Waals surface area (Å²) in [4.78, 5) is 29.6. The fourth-order valence-corrected chi connectivity index (χ4v) is 3.14. The Morgan fingerprint density at radius 1 is 1.12 bits per heavy atom. The van der Waals surface area contributed by atoms with E-state index < -0.39 is 0 Å². The molecular weight excluding hydrogens is 328 g/mol. The van der Waals surface area contributed by atoms with Gasteiger partial charge in [0.05, 0.1) is 6.61 Å². The van der Waals surface area contributed by atoms with Gasteiger partial charge in [-0.05, 0) is 50.8 Å². The van der Waals surface area contributed by atoms with Crippen LogP contribution in [0.1, 0.15) is 53.1 Å². The molecule has 0 aliphatic heterocycles. The van der Waals surface area contributed by atoms with Crippen LogP contribution in [0.3, 0.4) is 0 Å². The topological polar surface area (TPSA) is 62.4 Å². The highest BCUT2D eigenvalue weighted by Gasteiger charge is 2.20. The number of amides is 1. The molecule has 26 heavy (non-hydrogen) atoms. The number of ether oxygens (including phenoxy) is 1. The van der Waals surface area contributed by atoms with Gasteiger partial charge in [0.1, 0.15) is 5.69 Å². The zero-order chi connectivity index (χ0) is 19.1. The summed E-state index contributed by atoms with van der Waals surface area (Å²) in [5.74, 6) is -0.223. The minimum Gasteiger partial charge on any atom is -0.461 e. The van der Waals surface area contributed by atoms with Gasteiger partial charge in [0, 0.05) is 25.2 Å². The van der Waals surface area contributed by atoms with Crippen LogP contribution in [0.2, 0.25) is 0 Å². The van der Waals surface area contributed by atoms with Crippen molar-refractivity contribution >= 4 is 11.9 Å². The molecule has 0 bridgehead atoms. The molecule has 1 N–H and O–H groups in total. The third-order valence-corrected chi connectivity index (χ3v) is 4.61. The van der Waals surface area contributed by atoms with Crippen molar-refractivity contribution in [2.24, 2.45) is 0 Å². The Morgan fingerprint density at radius 2 is 1.81 bits per heavy atom. The van der Waals surface area contributed by atoms with Gasteiger partial charge in [0.25, 0.3) is 0 Å². The van der Waals surface area contributed by atoms with Crippen molar-refractivity contribution in [1.82, 2.24) is 9.88 Å². The molecule has 0 radical (unpaired) electrons. The Hall–Kier alpha value is -2.56. The van der Waals surface area contributed by atoms with E-state index in [0.717, 1.165) is 22.4 Å². The van der Waals surface area contributed by atoms with Crippen molar-refractivity contribution in [3.63, 3.8) is 0 Å². The third kappa shape index (κ3) is 4.75. The largest absolute Gasteiger partial charge is 0.461 e. The predicted molar refractivity (Wildman–Crippen MR) is 102 cm³/mol. The number of esters is 1. The highest BCUT2D eigenvalue weighted by Crippen LogP contribution is 2.21. The molecule has 1 heterocycles. The van der Waals surface area contributed by atoms with E-state index in [-0.39, 0.29) is 11.9 Å². The summed E-state index contributed by atoms with van der Waals surface area (Å²) in [7, 11) is 0. The molecule has 0 fully saturated rings. The number of nitrogens with one attached hydrogen (secondary N) is 1. The van der Waals surface area contributed by atoms with Crippen LogP contribution in [0.25, 0.3) is 0 Å².